The van der Waals surface area contributed by atoms with Gasteiger partial charge in [-0.3, -0.25) is 4.98 Å². The van der Waals surface area contributed by atoms with Crippen LogP contribution in [0.5, 0.6) is 0 Å². The van der Waals surface area contributed by atoms with Crippen LogP contribution < -0.4 is 5.32 Å². The molecule has 10 heteroatoms. The fourth-order valence-corrected chi connectivity index (χ4v) is 3.21. The number of hydrogen-bond acceptors (Lipinski definition) is 6. The van der Waals surface area contributed by atoms with Gasteiger partial charge in [-0.25, -0.2) is 15.0 Å². The van der Waals surface area contributed by atoms with Gasteiger partial charge in [0.25, 0.3) is 0 Å². The molecule has 3 heterocycles. The molecule has 0 saturated carbocycles. The van der Waals surface area contributed by atoms with Gasteiger partial charge >= 0.3 is 6.18 Å². The minimum Gasteiger partial charge on any atom is -0.374 e. The highest BCUT2D eigenvalue weighted by atomic mass is 35.5. The highest BCUT2D eigenvalue weighted by molar-refractivity contribution is 6.32. The van der Waals surface area contributed by atoms with E-state index >= 15 is 0 Å². The van der Waals surface area contributed by atoms with Gasteiger partial charge in [0, 0.05) is 19.0 Å². The van der Waals surface area contributed by atoms with Crippen LogP contribution in [0, 0.1) is 0 Å². The molecule has 0 fully saturated rings. The van der Waals surface area contributed by atoms with Gasteiger partial charge in [-0.1, -0.05) is 11.6 Å². The Morgan fingerprint density at radius 2 is 1.75 bits per heavy atom. The maximum Gasteiger partial charge on any atom is 0.416 e. The van der Waals surface area contributed by atoms with Crippen LogP contribution in [0.2, 0.25) is 5.02 Å². The smallest absolute Gasteiger partial charge is 0.374 e. The first-order chi connectivity index (χ1) is 15.3. The van der Waals surface area contributed by atoms with Crippen molar-refractivity contribution < 1.29 is 17.9 Å². The van der Waals surface area contributed by atoms with Crippen LogP contribution in [0.3, 0.4) is 0 Å². The van der Waals surface area contributed by atoms with Crippen LogP contribution in [-0.2, 0) is 10.9 Å². The number of anilines is 2. The highest BCUT2D eigenvalue weighted by Crippen LogP contribution is 2.32. The number of benzene rings is 1. The Labute approximate surface area is 186 Å². The van der Waals surface area contributed by atoms with Crippen molar-refractivity contribution in [3.05, 3.63) is 71.1 Å². The third-order valence-electron chi connectivity index (χ3n) is 4.77. The SMILES string of the molecule is COC(C)c1nc(Nc2ccc(C(F)(F)F)cc2)c2ccc(-c3ncccc3Cl)nc2n1. The van der Waals surface area contributed by atoms with Gasteiger partial charge in [-0.2, -0.15) is 13.2 Å². The van der Waals surface area contributed by atoms with Crippen molar-refractivity contribution in [1.82, 2.24) is 19.9 Å². The van der Waals surface area contributed by atoms with Crippen LogP contribution in [0.15, 0.2) is 54.7 Å². The summed E-state index contributed by atoms with van der Waals surface area (Å²) < 4.78 is 43.9. The van der Waals surface area contributed by atoms with E-state index in [0.29, 0.717) is 44.8 Å². The van der Waals surface area contributed by atoms with Gasteiger partial charge in [0.05, 0.1) is 21.7 Å². The normalized spacial score (nSPS) is 12.7. The highest BCUT2D eigenvalue weighted by Gasteiger charge is 2.30. The molecule has 0 bridgehead atoms. The fourth-order valence-electron chi connectivity index (χ4n) is 2.99. The number of methoxy groups -OCH3 is 1. The minimum atomic E-state index is -4.41. The predicted molar refractivity (Wildman–Crippen MR) is 116 cm³/mol. The molecule has 0 aliphatic carbocycles. The molecule has 0 radical (unpaired) electrons. The molecule has 4 rings (SSSR count). The zero-order valence-corrected chi connectivity index (χ0v) is 17.7. The lowest BCUT2D eigenvalue weighted by atomic mass is 10.2. The van der Waals surface area contributed by atoms with Crippen molar-refractivity contribution in [2.75, 3.05) is 12.4 Å². The van der Waals surface area contributed by atoms with Gasteiger partial charge in [0.1, 0.15) is 17.6 Å². The fraction of sp³-hybridized carbons (Fsp3) is 0.182. The number of pyridine rings is 2. The van der Waals surface area contributed by atoms with Crippen molar-refractivity contribution in [3.63, 3.8) is 0 Å². The standard InChI is InChI=1S/C22H17ClF3N5O/c1-12(32-2)19-30-20(28-14-7-5-13(6-8-14)22(24,25)26)15-9-10-17(29-21(15)31-19)18-16(23)4-3-11-27-18/h3-12H,1-2H3,(H,28,29,30,31). The first-order valence-corrected chi connectivity index (χ1v) is 9.90. The third kappa shape index (κ3) is 4.49. The van der Waals surface area contributed by atoms with E-state index in [1.807, 2.05) is 0 Å². The molecular weight excluding hydrogens is 443 g/mol. The van der Waals surface area contributed by atoms with Crippen LogP contribution in [0.1, 0.15) is 24.4 Å². The maximum atomic E-state index is 12.9. The summed E-state index contributed by atoms with van der Waals surface area (Å²) in [7, 11) is 1.53. The molecule has 164 valence electrons. The van der Waals surface area contributed by atoms with Gasteiger partial charge < -0.3 is 10.1 Å². The molecule has 1 aromatic carbocycles. The number of aromatic nitrogens is 4. The number of halogens is 4. The minimum absolute atomic E-state index is 0.367. The van der Waals surface area contributed by atoms with Gasteiger partial charge in [-0.15, -0.1) is 0 Å². The van der Waals surface area contributed by atoms with Crippen LogP contribution in [-0.4, -0.2) is 27.0 Å². The first kappa shape index (κ1) is 21.9. The Hall–Kier alpha value is -3.30. The van der Waals surface area contributed by atoms with Crippen molar-refractivity contribution in [1.29, 1.82) is 0 Å². The Balaban J connectivity index is 1.79. The van der Waals surface area contributed by atoms with E-state index in [9.17, 15) is 13.2 Å². The number of alkyl halides is 3. The number of rotatable bonds is 5. The van der Waals surface area contributed by atoms with Crippen LogP contribution >= 0.6 is 11.6 Å². The summed E-state index contributed by atoms with van der Waals surface area (Å²) in [6.07, 6.45) is -3.23. The average molecular weight is 460 g/mol. The van der Waals surface area contributed by atoms with Crippen LogP contribution in [0.25, 0.3) is 22.4 Å². The summed E-state index contributed by atoms with van der Waals surface area (Å²) in [5.41, 5.74) is 1.10. The molecular formula is C22H17ClF3N5O. The van der Waals surface area contributed by atoms with E-state index in [-0.39, 0.29) is 0 Å². The average Bonchev–Trinajstić information content (AvgIpc) is 2.78. The molecule has 4 aromatic rings. The van der Waals surface area contributed by atoms with E-state index in [1.165, 1.54) is 19.2 Å². The largest absolute Gasteiger partial charge is 0.416 e. The summed E-state index contributed by atoms with van der Waals surface area (Å²) in [6.45, 7) is 1.78. The van der Waals surface area contributed by atoms with E-state index < -0.39 is 17.8 Å². The van der Waals surface area contributed by atoms with Crippen molar-refractivity contribution in [3.8, 4) is 11.4 Å². The third-order valence-corrected chi connectivity index (χ3v) is 5.08. The molecule has 1 unspecified atom stereocenters. The van der Waals surface area contributed by atoms with E-state index in [2.05, 4.69) is 25.3 Å². The zero-order valence-electron chi connectivity index (χ0n) is 17.0. The van der Waals surface area contributed by atoms with Crippen molar-refractivity contribution in [2.45, 2.75) is 19.2 Å². The lowest BCUT2D eigenvalue weighted by Crippen LogP contribution is -2.08. The number of nitrogens with zero attached hydrogens (tertiary/aromatic N) is 4. The van der Waals surface area contributed by atoms with Crippen molar-refractivity contribution >= 4 is 34.1 Å². The molecule has 0 spiro atoms. The van der Waals surface area contributed by atoms with E-state index in [1.54, 1.807) is 37.4 Å². The summed E-state index contributed by atoms with van der Waals surface area (Å²) in [4.78, 5) is 17.9. The topological polar surface area (TPSA) is 72.8 Å². The number of hydrogen-bond donors (Lipinski definition) is 1. The quantitative estimate of drug-likeness (QED) is 0.382. The number of nitrogens with one attached hydrogen (secondary N) is 1. The second-order valence-electron chi connectivity index (χ2n) is 6.91. The summed E-state index contributed by atoms with van der Waals surface area (Å²) in [6, 6.07) is 11.6. The molecule has 1 atom stereocenters. The lowest BCUT2D eigenvalue weighted by Gasteiger charge is -2.14. The van der Waals surface area contributed by atoms with Crippen LogP contribution in [0.4, 0.5) is 24.7 Å². The molecule has 0 aliphatic heterocycles. The Morgan fingerprint density at radius 1 is 1.00 bits per heavy atom. The van der Waals surface area contributed by atoms with Gasteiger partial charge in [0.2, 0.25) is 0 Å². The van der Waals surface area contributed by atoms with E-state index in [0.717, 1.165) is 12.1 Å². The Morgan fingerprint density at radius 3 is 2.41 bits per heavy atom. The van der Waals surface area contributed by atoms with Gasteiger partial charge in [0.15, 0.2) is 11.5 Å². The molecule has 0 aliphatic rings. The molecule has 1 N–H and O–H groups in total. The lowest BCUT2D eigenvalue weighted by molar-refractivity contribution is -0.137. The van der Waals surface area contributed by atoms with Crippen molar-refractivity contribution in [2.24, 2.45) is 0 Å². The molecule has 0 saturated heterocycles. The molecule has 32 heavy (non-hydrogen) atoms. The monoisotopic (exact) mass is 459 g/mol. The van der Waals surface area contributed by atoms with E-state index in [4.69, 9.17) is 16.3 Å². The predicted octanol–water partition coefficient (Wildman–Crippen LogP) is 6.21. The summed E-state index contributed by atoms with van der Waals surface area (Å²) >= 11 is 6.25. The second kappa shape index (κ2) is 8.68. The number of ether oxygens (including phenoxy) is 1. The second-order valence-corrected chi connectivity index (χ2v) is 7.32. The summed E-state index contributed by atoms with van der Waals surface area (Å²) in [5.74, 6) is 0.756. The Bertz CT molecular complexity index is 1260. The summed E-state index contributed by atoms with van der Waals surface area (Å²) in [5, 5.41) is 4.08. The Kier molecular flexibility index (Phi) is 5.94. The molecule has 3 aromatic heterocycles. The maximum absolute atomic E-state index is 12.9. The van der Waals surface area contributed by atoms with Gasteiger partial charge in [-0.05, 0) is 55.5 Å². The zero-order chi connectivity index (χ0) is 22.9. The number of fused-ring (bicyclic) bond motifs is 1. The molecule has 6 nitrogen and oxygen atoms in total. The first-order valence-electron chi connectivity index (χ1n) is 9.53. The molecule has 0 amide bonds.